The highest BCUT2D eigenvalue weighted by molar-refractivity contribution is 7.10. The fraction of sp³-hybridized carbons (Fsp3) is 0.462. The van der Waals surface area contributed by atoms with E-state index in [0.29, 0.717) is 18.1 Å². The highest BCUT2D eigenvalue weighted by Gasteiger charge is 2.14. The first-order chi connectivity index (χ1) is 7.65. The van der Waals surface area contributed by atoms with Gasteiger partial charge in [0, 0.05) is 16.4 Å². The van der Waals surface area contributed by atoms with Crippen molar-refractivity contribution >= 4 is 17.3 Å². The van der Waals surface area contributed by atoms with E-state index < -0.39 is 0 Å². The fourth-order valence-electron chi connectivity index (χ4n) is 1.48. The van der Waals surface area contributed by atoms with Gasteiger partial charge in [0.2, 0.25) is 0 Å². The standard InChI is InChI=1S/C13H18O2S/c1-4-6-11(12-7-5-8-16-12)9-15-13(14)10(2)3/h5,7-8,11H,2,4,6,9H2,1,3H3. The van der Waals surface area contributed by atoms with Crippen molar-refractivity contribution in [1.29, 1.82) is 0 Å². The molecule has 0 aliphatic carbocycles. The van der Waals surface area contributed by atoms with Gasteiger partial charge in [-0.15, -0.1) is 11.3 Å². The van der Waals surface area contributed by atoms with Gasteiger partial charge in [0.05, 0.1) is 6.61 Å². The Hall–Kier alpha value is -1.09. The first-order valence-electron chi connectivity index (χ1n) is 5.51. The normalized spacial score (nSPS) is 12.1. The molecule has 3 heteroatoms. The van der Waals surface area contributed by atoms with Crippen LogP contribution in [-0.4, -0.2) is 12.6 Å². The monoisotopic (exact) mass is 238 g/mol. The zero-order valence-electron chi connectivity index (χ0n) is 9.86. The van der Waals surface area contributed by atoms with Crippen molar-refractivity contribution < 1.29 is 9.53 Å². The molecule has 0 radical (unpaired) electrons. The molecule has 1 atom stereocenters. The van der Waals surface area contributed by atoms with Crippen LogP contribution in [0.15, 0.2) is 29.7 Å². The van der Waals surface area contributed by atoms with E-state index in [9.17, 15) is 4.79 Å². The summed E-state index contributed by atoms with van der Waals surface area (Å²) in [4.78, 5) is 12.6. The quantitative estimate of drug-likeness (QED) is 0.557. The maximum atomic E-state index is 11.3. The second-order valence-corrected chi connectivity index (χ2v) is 4.86. The summed E-state index contributed by atoms with van der Waals surface area (Å²) in [6.45, 7) is 7.84. The highest BCUT2D eigenvalue weighted by atomic mass is 32.1. The van der Waals surface area contributed by atoms with Crippen LogP contribution >= 0.6 is 11.3 Å². The number of hydrogen-bond acceptors (Lipinski definition) is 3. The summed E-state index contributed by atoms with van der Waals surface area (Å²) in [5.74, 6) is 0.0333. The molecule has 0 bridgehead atoms. The molecular formula is C13H18O2S. The summed E-state index contributed by atoms with van der Waals surface area (Å²) in [6, 6.07) is 4.13. The topological polar surface area (TPSA) is 26.3 Å². The van der Waals surface area contributed by atoms with Gasteiger partial charge < -0.3 is 4.74 Å². The van der Waals surface area contributed by atoms with Crippen molar-refractivity contribution in [3.63, 3.8) is 0 Å². The Kier molecular flexibility index (Phi) is 5.26. The molecular weight excluding hydrogens is 220 g/mol. The molecule has 1 aromatic heterocycles. The largest absolute Gasteiger partial charge is 0.462 e. The molecule has 0 saturated carbocycles. The van der Waals surface area contributed by atoms with E-state index in [-0.39, 0.29) is 5.97 Å². The van der Waals surface area contributed by atoms with E-state index in [2.05, 4.69) is 24.9 Å². The molecule has 0 saturated heterocycles. The van der Waals surface area contributed by atoms with Crippen molar-refractivity contribution in [2.45, 2.75) is 32.6 Å². The molecule has 1 rings (SSSR count). The molecule has 0 spiro atoms. The minimum absolute atomic E-state index is 0.294. The van der Waals surface area contributed by atoms with Crippen molar-refractivity contribution in [3.05, 3.63) is 34.5 Å². The molecule has 88 valence electrons. The lowest BCUT2D eigenvalue weighted by Crippen LogP contribution is -2.12. The molecule has 0 aliphatic rings. The summed E-state index contributed by atoms with van der Waals surface area (Å²) < 4.78 is 5.21. The number of carbonyl (C=O) groups is 1. The third-order valence-electron chi connectivity index (χ3n) is 2.35. The number of esters is 1. The van der Waals surface area contributed by atoms with E-state index in [1.807, 2.05) is 6.07 Å². The number of thiophene rings is 1. The zero-order valence-corrected chi connectivity index (χ0v) is 10.7. The van der Waals surface area contributed by atoms with Crippen molar-refractivity contribution in [3.8, 4) is 0 Å². The van der Waals surface area contributed by atoms with E-state index in [4.69, 9.17) is 4.74 Å². The third-order valence-corrected chi connectivity index (χ3v) is 3.38. The van der Waals surface area contributed by atoms with Gasteiger partial charge in [-0.3, -0.25) is 0 Å². The van der Waals surface area contributed by atoms with E-state index in [0.717, 1.165) is 12.8 Å². The van der Waals surface area contributed by atoms with Gasteiger partial charge >= 0.3 is 5.97 Å². The summed E-state index contributed by atoms with van der Waals surface area (Å²) in [6.07, 6.45) is 2.14. The van der Waals surface area contributed by atoms with Crippen LogP contribution in [0, 0.1) is 0 Å². The zero-order chi connectivity index (χ0) is 12.0. The second kappa shape index (κ2) is 6.48. The first-order valence-corrected chi connectivity index (χ1v) is 6.39. The van der Waals surface area contributed by atoms with Crippen LogP contribution in [0.25, 0.3) is 0 Å². The van der Waals surface area contributed by atoms with Gasteiger partial charge in [-0.2, -0.15) is 0 Å². The lowest BCUT2D eigenvalue weighted by atomic mass is 10.0. The van der Waals surface area contributed by atoms with Crippen molar-refractivity contribution in [1.82, 2.24) is 0 Å². The van der Waals surface area contributed by atoms with Crippen LogP contribution in [0.5, 0.6) is 0 Å². The van der Waals surface area contributed by atoms with Crippen molar-refractivity contribution in [2.75, 3.05) is 6.61 Å². The van der Waals surface area contributed by atoms with Gasteiger partial charge in [0.25, 0.3) is 0 Å². The van der Waals surface area contributed by atoms with Gasteiger partial charge in [-0.05, 0) is 24.8 Å². The maximum absolute atomic E-state index is 11.3. The summed E-state index contributed by atoms with van der Waals surface area (Å²) in [5.41, 5.74) is 0.460. The molecule has 0 amide bonds. The molecule has 1 unspecified atom stereocenters. The highest BCUT2D eigenvalue weighted by Crippen LogP contribution is 2.26. The Morgan fingerprint density at radius 2 is 2.38 bits per heavy atom. The van der Waals surface area contributed by atoms with E-state index in [1.165, 1.54) is 4.88 Å². The second-order valence-electron chi connectivity index (χ2n) is 3.88. The number of ether oxygens (including phenoxy) is 1. The number of rotatable bonds is 6. The van der Waals surface area contributed by atoms with Crippen LogP contribution < -0.4 is 0 Å². The minimum atomic E-state index is -0.294. The number of carbonyl (C=O) groups excluding carboxylic acids is 1. The number of hydrogen-bond donors (Lipinski definition) is 0. The summed E-state index contributed by atoms with van der Waals surface area (Å²) in [5, 5.41) is 2.05. The molecule has 1 aromatic rings. The Morgan fingerprint density at radius 3 is 2.88 bits per heavy atom. The Balaban J connectivity index is 2.53. The summed E-state index contributed by atoms with van der Waals surface area (Å²) >= 11 is 1.72. The fourth-order valence-corrected chi connectivity index (χ4v) is 2.33. The average Bonchev–Trinajstić information content (AvgIpc) is 2.76. The summed E-state index contributed by atoms with van der Waals surface area (Å²) in [7, 11) is 0. The van der Waals surface area contributed by atoms with Crippen LogP contribution in [-0.2, 0) is 9.53 Å². The lowest BCUT2D eigenvalue weighted by Gasteiger charge is -2.14. The predicted octanol–water partition coefficient (Wildman–Crippen LogP) is 3.75. The van der Waals surface area contributed by atoms with Gasteiger partial charge in [0.1, 0.15) is 0 Å². The van der Waals surface area contributed by atoms with Crippen LogP contribution in [0.2, 0.25) is 0 Å². The Labute approximate surface area is 101 Å². The lowest BCUT2D eigenvalue weighted by molar-refractivity contribution is -0.139. The smallest absolute Gasteiger partial charge is 0.333 e. The van der Waals surface area contributed by atoms with E-state index in [1.54, 1.807) is 18.3 Å². The molecule has 2 nitrogen and oxygen atoms in total. The van der Waals surface area contributed by atoms with Gasteiger partial charge in [-0.1, -0.05) is 26.0 Å². The molecule has 0 aromatic carbocycles. The molecule has 1 heterocycles. The predicted molar refractivity (Wildman–Crippen MR) is 67.7 cm³/mol. The Morgan fingerprint density at radius 1 is 1.62 bits per heavy atom. The molecule has 0 fully saturated rings. The first kappa shape index (κ1) is 13.0. The van der Waals surface area contributed by atoms with Gasteiger partial charge in [-0.25, -0.2) is 4.79 Å². The Bertz CT molecular complexity index is 341. The molecule has 0 aliphatic heterocycles. The minimum Gasteiger partial charge on any atom is -0.462 e. The molecule has 16 heavy (non-hydrogen) atoms. The van der Waals surface area contributed by atoms with Crippen LogP contribution in [0.4, 0.5) is 0 Å². The average molecular weight is 238 g/mol. The van der Waals surface area contributed by atoms with Crippen LogP contribution in [0.1, 0.15) is 37.5 Å². The molecule has 0 N–H and O–H groups in total. The van der Waals surface area contributed by atoms with Crippen LogP contribution in [0.3, 0.4) is 0 Å². The van der Waals surface area contributed by atoms with Gasteiger partial charge in [0.15, 0.2) is 0 Å². The third kappa shape index (κ3) is 3.81. The van der Waals surface area contributed by atoms with E-state index >= 15 is 0 Å². The SMILES string of the molecule is C=C(C)C(=O)OCC(CCC)c1cccs1. The van der Waals surface area contributed by atoms with Crippen molar-refractivity contribution in [2.24, 2.45) is 0 Å². The maximum Gasteiger partial charge on any atom is 0.333 e.